The van der Waals surface area contributed by atoms with E-state index in [9.17, 15) is 4.79 Å². The molecule has 2 N–H and O–H groups in total. The van der Waals surface area contributed by atoms with E-state index >= 15 is 0 Å². The Morgan fingerprint density at radius 1 is 1.32 bits per heavy atom. The molecule has 1 fully saturated rings. The van der Waals surface area contributed by atoms with E-state index in [2.05, 4.69) is 43.5 Å². The van der Waals surface area contributed by atoms with E-state index in [0.717, 1.165) is 31.6 Å². The van der Waals surface area contributed by atoms with Crippen molar-refractivity contribution in [1.82, 2.24) is 10.6 Å². The summed E-state index contributed by atoms with van der Waals surface area (Å²) in [6.07, 6.45) is 2.47. The Balaban J connectivity index is 1.85. The highest BCUT2D eigenvalue weighted by atomic mass is 16.5. The molecule has 1 aromatic carbocycles. The van der Waals surface area contributed by atoms with Crippen molar-refractivity contribution in [3.8, 4) is 0 Å². The molecule has 122 valence electrons. The van der Waals surface area contributed by atoms with Crippen LogP contribution in [0.1, 0.15) is 45.2 Å². The quantitative estimate of drug-likeness (QED) is 0.849. The lowest BCUT2D eigenvalue weighted by Gasteiger charge is -2.32. The third-order valence-electron chi connectivity index (χ3n) is 3.99. The summed E-state index contributed by atoms with van der Waals surface area (Å²) in [5.41, 5.74) is 1.11. The van der Waals surface area contributed by atoms with Gasteiger partial charge in [0.2, 0.25) is 5.91 Å². The predicted octanol–water partition coefficient (Wildman–Crippen LogP) is 2.66. The van der Waals surface area contributed by atoms with E-state index in [1.54, 1.807) is 0 Å². The van der Waals surface area contributed by atoms with Gasteiger partial charge in [-0.05, 0) is 23.8 Å². The van der Waals surface area contributed by atoms with Gasteiger partial charge in [0.25, 0.3) is 0 Å². The third kappa shape index (κ3) is 5.11. The first-order valence-corrected chi connectivity index (χ1v) is 8.13. The molecule has 1 aliphatic rings. The number of ether oxygens (including phenoxy) is 1. The van der Waals surface area contributed by atoms with Crippen LogP contribution in [0.2, 0.25) is 0 Å². The number of carbonyl (C=O) groups excluding carboxylic acids is 1. The summed E-state index contributed by atoms with van der Waals surface area (Å²) in [6.45, 7) is 8.36. The van der Waals surface area contributed by atoms with Crippen LogP contribution in [-0.4, -0.2) is 31.7 Å². The zero-order valence-corrected chi connectivity index (χ0v) is 13.9. The Labute approximate surface area is 133 Å². The van der Waals surface area contributed by atoms with E-state index < -0.39 is 0 Å². The summed E-state index contributed by atoms with van der Waals surface area (Å²) in [4.78, 5) is 12.2. The molecule has 0 radical (unpaired) electrons. The summed E-state index contributed by atoms with van der Waals surface area (Å²) >= 11 is 0. The van der Waals surface area contributed by atoms with Crippen LogP contribution in [0.4, 0.5) is 0 Å². The van der Waals surface area contributed by atoms with Gasteiger partial charge >= 0.3 is 0 Å². The molecule has 0 aliphatic carbocycles. The molecule has 1 amide bonds. The average molecular weight is 304 g/mol. The normalized spacial score (nSPS) is 19.9. The predicted molar refractivity (Wildman–Crippen MR) is 88.6 cm³/mol. The second-order valence-electron chi connectivity index (χ2n) is 7.04. The first-order chi connectivity index (χ1) is 10.5. The highest BCUT2D eigenvalue weighted by Crippen LogP contribution is 2.32. The number of rotatable bonds is 6. The molecular formula is C18H28N2O2. The molecule has 0 bridgehead atoms. The Hall–Kier alpha value is -1.39. The molecule has 0 spiro atoms. The molecule has 0 saturated carbocycles. The van der Waals surface area contributed by atoms with Gasteiger partial charge in [-0.25, -0.2) is 0 Å². The number of nitrogens with one attached hydrogen (secondary N) is 2. The Bertz CT molecular complexity index is 462. The highest BCUT2D eigenvalue weighted by Gasteiger charge is 2.27. The van der Waals surface area contributed by atoms with Gasteiger partial charge in [-0.2, -0.15) is 0 Å². The summed E-state index contributed by atoms with van der Waals surface area (Å²) < 4.78 is 5.55. The Morgan fingerprint density at radius 2 is 2.05 bits per heavy atom. The lowest BCUT2D eigenvalue weighted by Crippen LogP contribution is -2.42. The fourth-order valence-corrected chi connectivity index (χ4v) is 2.81. The van der Waals surface area contributed by atoms with Crippen LogP contribution < -0.4 is 10.6 Å². The van der Waals surface area contributed by atoms with E-state index in [-0.39, 0.29) is 23.5 Å². The fraction of sp³-hybridized carbons (Fsp3) is 0.611. The smallest absolute Gasteiger partial charge is 0.234 e. The molecule has 1 heterocycles. The Morgan fingerprint density at radius 3 is 2.64 bits per heavy atom. The van der Waals surface area contributed by atoms with Gasteiger partial charge < -0.3 is 15.4 Å². The maximum absolute atomic E-state index is 12.2. The summed E-state index contributed by atoms with van der Waals surface area (Å²) in [5.74, 6) is 0.0294. The molecule has 4 nitrogen and oxygen atoms in total. The van der Waals surface area contributed by atoms with Crippen LogP contribution in [0.15, 0.2) is 30.3 Å². The van der Waals surface area contributed by atoms with Crippen LogP contribution in [0, 0.1) is 5.41 Å². The highest BCUT2D eigenvalue weighted by molar-refractivity contribution is 5.78. The van der Waals surface area contributed by atoms with Gasteiger partial charge in [-0.1, -0.05) is 51.1 Å². The molecule has 1 aromatic rings. The summed E-state index contributed by atoms with van der Waals surface area (Å²) in [6, 6.07) is 10.2. The van der Waals surface area contributed by atoms with Gasteiger partial charge in [0.05, 0.1) is 18.7 Å². The van der Waals surface area contributed by atoms with Crippen molar-refractivity contribution in [3.63, 3.8) is 0 Å². The minimum Gasteiger partial charge on any atom is -0.377 e. The SMILES string of the molecule is CC(C)(C)[C@H](NC(=O)CNC[C@@H]1CCCO1)c1ccccc1. The average Bonchev–Trinajstić information content (AvgIpc) is 2.98. The molecule has 0 unspecified atom stereocenters. The molecular weight excluding hydrogens is 276 g/mol. The number of hydrogen-bond donors (Lipinski definition) is 2. The topological polar surface area (TPSA) is 50.4 Å². The maximum atomic E-state index is 12.2. The minimum atomic E-state index is -0.0361. The summed E-state index contributed by atoms with van der Waals surface area (Å²) in [7, 11) is 0. The van der Waals surface area contributed by atoms with Gasteiger partial charge in [0.15, 0.2) is 0 Å². The lowest BCUT2D eigenvalue weighted by atomic mass is 9.82. The van der Waals surface area contributed by atoms with Crippen molar-refractivity contribution in [2.45, 2.75) is 45.8 Å². The Kier molecular flexibility index (Phi) is 5.98. The van der Waals surface area contributed by atoms with E-state index in [1.807, 2.05) is 18.2 Å². The first kappa shape index (κ1) is 17.0. The van der Waals surface area contributed by atoms with Crippen LogP contribution in [0.3, 0.4) is 0 Å². The maximum Gasteiger partial charge on any atom is 0.234 e. The third-order valence-corrected chi connectivity index (χ3v) is 3.99. The van der Waals surface area contributed by atoms with Gasteiger partial charge in [-0.15, -0.1) is 0 Å². The first-order valence-electron chi connectivity index (χ1n) is 8.13. The zero-order valence-electron chi connectivity index (χ0n) is 13.9. The lowest BCUT2D eigenvalue weighted by molar-refractivity contribution is -0.121. The molecule has 22 heavy (non-hydrogen) atoms. The van der Waals surface area contributed by atoms with Crippen LogP contribution >= 0.6 is 0 Å². The molecule has 2 rings (SSSR count). The number of hydrogen-bond acceptors (Lipinski definition) is 3. The van der Waals surface area contributed by atoms with Crippen LogP contribution in [-0.2, 0) is 9.53 Å². The second-order valence-corrected chi connectivity index (χ2v) is 7.04. The molecule has 4 heteroatoms. The second kappa shape index (κ2) is 7.75. The van der Waals surface area contributed by atoms with E-state index in [0.29, 0.717) is 6.54 Å². The fourth-order valence-electron chi connectivity index (χ4n) is 2.81. The van der Waals surface area contributed by atoms with Crippen molar-refractivity contribution in [1.29, 1.82) is 0 Å². The van der Waals surface area contributed by atoms with Gasteiger partial charge in [-0.3, -0.25) is 4.79 Å². The molecule has 1 aliphatic heterocycles. The van der Waals surface area contributed by atoms with Crippen LogP contribution in [0.25, 0.3) is 0 Å². The van der Waals surface area contributed by atoms with Crippen molar-refractivity contribution in [2.75, 3.05) is 19.7 Å². The van der Waals surface area contributed by atoms with Crippen molar-refractivity contribution < 1.29 is 9.53 Å². The van der Waals surface area contributed by atoms with Gasteiger partial charge in [0.1, 0.15) is 0 Å². The molecule has 0 aromatic heterocycles. The molecule has 1 saturated heterocycles. The van der Waals surface area contributed by atoms with Crippen molar-refractivity contribution >= 4 is 5.91 Å². The van der Waals surface area contributed by atoms with Crippen molar-refractivity contribution in [2.24, 2.45) is 5.41 Å². The standard InChI is InChI=1S/C18H28N2O2/c1-18(2,3)17(14-8-5-4-6-9-14)20-16(21)13-19-12-15-10-7-11-22-15/h4-6,8-9,15,17,19H,7,10-13H2,1-3H3,(H,20,21)/t15-,17+/m0/s1. The number of benzene rings is 1. The van der Waals surface area contributed by atoms with Gasteiger partial charge in [0, 0.05) is 13.2 Å². The van der Waals surface area contributed by atoms with E-state index in [1.165, 1.54) is 0 Å². The summed E-state index contributed by atoms with van der Waals surface area (Å²) in [5, 5.41) is 6.35. The number of carbonyl (C=O) groups is 1. The molecule has 2 atom stereocenters. The minimum absolute atomic E-state index is 0.00531. The largest absolute Gasteiger partial charge is 0.377 e. The van der Waals surface area contributed by atoms with Crippen molar-refractivity contribution in [3.05, 3.63) is 35.9 Å². The number of amides is 1. The van der Waals surface area contributed by atoms with E-state index in [4.69, 9.17) is 4.74 Å². The van der Waals surface area contributed by atoms with Crippen LogP contribution in [0.5, 0.6) is 0 Å². The monoisotopic (exact) mass is 304 g/mol. The zero-order chi connectivity index (χ0) is 16.0.